The molecule has 2 aliphatic rings. The highest BCUT2D eigenvalue weighted by atomic mass is 16.7. The lowest BCUT2D eigenvalue weighted by Gasteiger charge is -2.35. The number of aliphatic hydroxyl groups is 1. The van der Waals surface area contributed by atoms with E-state index in [1.165, 1.54) is 7.11 Å². The van der Waals surface area contributed by atoms with Crippen LogP contribution in [0.2, 0.25) is 0 Å². The molecule has 5 heteroatoms. The molecule has 2 bridgehead atoms. The van der Waals surface area contributed by atoms with Gasteiger partial charge in [0.25, 0.3) is 0 Å². The molecule has 0 aromatic heterocycles. The topological polar surface area (TPSA) is 73.9 Å². The van der Waals surface area contributed by atoms with E-state index in [2.05, 4.69) is 0 Å². The third kappa shape index (κ3) is 1.06. The minimum absolute atomic E-state index is 0.171. The third-order valence-electron chi connectivity index (χ3n) is 2.42. The van der Waals surface area contributed by atoms with E-state index >= 15 is 0 Å². The molecular formula is C7H13NO4. The largest absolute Gasteiger partial charge is 0.388 e. The van der Waals surface area contributed by atoms with Crippen LogP contribution >= 0.6 is 0 Å². The van der Waals surface area contributed by atoms with Gasteiger partial charge in [0.2, 0.25) is 0 Å². The molecular weight excluding hydrogens is 162 g/mol. The first-order valence-electron chi connectivity index (χ1n) is 3.97. The van der Waals surface area contributed by atoms with Gasteiger partial charge in [-0.2, -0.15) is 0 Å². The zero-order chi connectivity index (χ0) is 8.72. The van der Waals surface area contributed by atoms with Crippen LogP contribution in [-0.2, 0) is 14.2 Å². The van der Waals surface area contributed by atoms with Crippen molar-refractivity contribution in [2.45, 2.75) is 30.6 Å². The van der Waals surface area contributed by atoms with E-state index < -0.39 is 18.4 Å². The molecule has 0 aromatic rings. The number of nitrogens with two attached hydrogens (primary N) is 1. The number of rotatable bonds is 1. The second kappa shape index (κ2) is 2.93. The summed E-state index contributed by atoms with van der Waals surface area (Å²) >= 11 is 0. The third-order valence-corrected chi connectivity index (χ3v) is 2.42. The maximum absolute atomic E-state index is 9.61. The quantitative estimate of drug-likeness (QED) is 0.504. The zero-order valence-electron chi connectivity index (χ0n) is 6.84. The molecule has 70 valence electrons. The first kappa shape index (κ1) is 8.40. The van der Waals surface area contributed by atoms with Gasteiger partial charge in [-0.1, -0.05) is 0 Å². The van der Waals surface area contributed by atoms with Crippen LogP contribution in [0.1, 0.15) is 0 Å². The average Bonchev–Trinajstić information content (AvgIpc) is 2.49. The van der Waals surface area contributed by atoms with Gasteiger partial charge in [-0.05, 0) is 0 Å². The fourth-order valence-corrected chi connectivity index (χ4v) is 1.71. The van der Waals surface area contributed by atoms with Gasteiger partial charge in [-0.25, -0.2) is 0 Å². The molecule has 3 N–H and O–H groups in total. The van der Waals surface area contributed by atoms with Gasteiger partial charge < -0.3 is 25.1 Å². The Morgan fingerprint density at radius 1 is 1.58 bits per heavy atom. The summed E-state index contributed by atoms with van der Waals surface area (Å²) in [6.07, 6.45) is -1.69. The van der Waals surface area contributed by atoms with Crippen LogP contribution in [0.15, 0.2) is 0 Å². The fourth-order valence-electron chi connectivity index (χ4n) is 1.71. The van der Waals surface area contributed by atoms with Gasteiger partial charge in [0.05, 0.1) is 12.6 Å². The van der Waals surface area contributed by atoms with Gasteiger partial charge in [0.1, 0.15) is 18.3 Å². The Hall–Kier alpha value is -0.200. The molecule has 2 saturated heterocycles. The summed E-state index contributed by atoms with van der Waals surface area (Å²) in [5.41, 5.74) is 5.65. The Kier molecular flexibility index (Phi) is 2.05. The minimum atomic E-state index is -0.693. The van der Waals surface area contributed by atoms with Gasteiger partial charge >= 0.3 is 0 Å². The Morgan fingerprint density at radius 3 is 3.00 bits per heavy atom. The maximum atomic E-state index is 9.61. The Morgan fingerprint density at radius 2 is 2.33 bits per heavy atom. The molecule has 0 aliphatic carbocycles. The molecule has 2 fully saturated rings. The second-order valence-electron chi connectivity index (χ2n) is 3.14. The molecule has 0 amide bonds. The number of ether oxygens (including phenoxy) is 3. The summed E-state index contributed by atoms with van der Waals surface area (Å²) in [7, 11) is 1.53. The summed E-state index contributed by atoms with van der Waals surface area (Å²) in [5, 5.41) is 9.61. The fraction of sp³-hybridized carbons (Fsp3) is 1.00. The molecule has 0 spiro atoms. The van der Waals surface area contributed by atoms with Crippen LogP contribution < -0.4 is 5.73 Å². The van der Waals surface area contributed by atoms with Crippen molar-refractivity contribution in [1.82, 2.24) is 0 Å². The summed E-state index contributed by atoms with van der Waals surface area (Å²) in [4.78, 5) is 0. The molecule has 0 radical (unpaired) electrons. The van der Waals surface area contributed by atoms with Crippen LogP contribution in [0.5, 0.6) is 0 Å². The van der Waals surface area contributed by atoms with Crippen molar-refractivity contribution in [2.24, 2.45) is 5.73 Å². The lowest BCUT2D eigenvalue weighted by Crippen LogP contribution is -2.58. The van der Waals surface area contributed by atoms with E-state index in [1.54, 1.807) is 0 Å². The van der Waals surface area contributed by atoms with E-state index in [0.29, 0.717) is 6.61 Å². The highest BCUT2D eigenvalue weighted by Crippen LogP contribution is 2.28. The van der Waals surface area contributed by atoms with Crippen LogP contribution in [0.3, 0.4) is 0 Å². The number of hydrogen-bond donors (Lipinski definition) is 2. The van der Waals surface area contributed by atoms with Crippen molar-refractivity contribution in [1.29, 1.82) is 0 Å². The average molecular weight is 175 g/mol. The van der Waals surface area contributed by atoms with Crippen molar-refractivity contribution >= 4 is 0 Å². The SMILES string of the molecule is COC1C2COC(O2)C(N)C1O. The molecule has 5 nitrogen and oxygen atoms in total. The lowest BCUT2D eigenvalue weighted by molar-refractivity contribution is -0.185. The summed E-state index contributed by atoms with van der Waals surface area (Å²) in [6.45, 7) is 0.452. The minimum Gasteiger partial charge on any atom is -0.388 e. The van der Waals surface area contributed by atoms with Crippen LogP contribution in [0.25, 0.3) is 0 Å². The summed E-state index contributed by atoms with van der Waals surface area (Å²) in [6, 6.07) is -0.506. The molecule has 12 heavy (non-hydrogen) atoms. The Balaban J connectivity index is 2.14. The summed E-state index contributed by atoms with van der Waals surface area (Å²) < 4.78 is 15.6. The first-order valence-corrected chi connectivity index (χ1v) is 3.97. The standard InChI is InChI=1S/C7H13NO4/c1-10-6-3-2-11-7(12-3)4(8)5(6)9/h3-7,9H,2,8H2,1H3. The predicted octanol–water partition coefficient (Wildman–Crippen LogP) is -1.56. The number of fused-ring (bicyclic) bond motifs is 2. The van der Waals surface area contributed by atoms with Crippen LogP contribution in [0, 0.1) is 0 Å². The van der Waals surface area contributed by atoms with Crippen molar-refractivity contribution in [3.8, 4) is 0 Å². The molecule has 2 aliphatic heterocycles. The highest BCUT2D eigenvalue weighted by molar-refractivity contribution is 4.95. The Labute approximate surface area is 70.4 Å². The smallest absolute Gasteiger partial charge is 0.175 e. The maximum Gasteiger partial charge on any atom is 0.175 e. The van der Waals surface area contributed by atoms with E-state index in [-0.39, 0.29) is 12.2 Å². The Bertz CT molecular complexity index is 177. The van der Waals surface area contributed by atoms with Gasteiger partial charge in [0, 0.05) is 7.11 Å². The molecule has 0 aromatic carbocycles. The molecule has 2 heterocycles. The zero-order valence-corrected chi connectivity index (χ0v) is 6.84. The van der Waals surface area contributed by atoms with E-state index in [9.17, 15) is 5.11 Å². The monoisotopic (exact) mass is 175 g/mol. The van der Waals surface area contributed by atoms with E-state index in [4.69, 9.17) is 19.9 Å². The predicted molar refractivity (Wildman–Crippen MR) is 39.4 cm³/mol. The van der Waals surface area contributed by atoms with Crippen LogP contribution in [-0.4, -0.2) is 49.5 Å². The number of methoxy groups -OCH3 is 1. The second-order valence-corrected chi connectivity index (χ2v) is 3.14. The van der Waals surface area contributed by atoms with Gasteiger partial charge in [-0.15, -0.1) is 0 Å². The van der Waals surface area contributed by atoms with E-state index in [0.717, 1.165) is 0 Å². The van der Waals surface area contributed by atoms with Crippen molar-refractivity contribution in [2.75, 3.05) is 13.7 Å². The number of hydrogen-bond acceptors (Lipinski definition) is 5. The normalized spacial score (nSPS) is 52.8. The van der Waals surface area contributed by atoms with Crippen molar-refractivity contribution < 1.29 is 19.3 Å². The lowest BCUT2D eigenvalue weighted by atomic mass is 10.00. The molecule has 5 atom stereocenters. The van der Waals surface area contributed by atoms with Crippen molar-refractivity contribution in [3.63, 3.8) is 0 Å². The summed E-state index contributed by atoms with van der Waals surface area (Å²) in [5.74, 6) is 0. The van der Waals surface area contributed by atoms with Gasteiger partial charge in [-0.3, -0.25) is 0 Å². The molecule has 2 rings (SSSR count). The van der Waals surface area contributed by atoms with Crippen LogP contribution in [0.4, 0.5) is 0 Å². The van der Waals surface area contributed by atoms with E-state index in [1.807, 2.05) is 0 Å². The number of aliphatic hydroxyl groups excluding tert-OH is 1. The van der Waals surface area contributed by atoms with Gasteiger partial charge in [0.15, 0.2) is 6.29 Å². The first-order chi connectivity index (χ1) is 5.74. The molecule has 0 saturated carbocycles. The highest BCUT2D eigenvalue weighted by Gasteiger charge is 2.48. The molecule has 5 unspecified atom stereocenters. The van der Waals surface area contributed by atoms with Crippen molar-refractivity contribution in [3.05, 3.63) is 0 Å².